The van der Waals surface area contributed by atoms with Crippen LogP contribution < -0.4 is 20.5 Å². The number of nitrogens with two attached hydrogens (primary N) is 1. The Balaban J connectivity index is 1.56. The lowest BCUT2D eigenvalue weighted by Crippen LogP contribution is -2.06. The second-order valence-corrected chi connectivity index (χ2v) is 6.94. The van der Waals surface area contributed by atoms with Crippen molar-refractivity contribution in [3.63, 3.8) is 0 Å². The fourth-order valence-corrected chi connectivity index (χ4v) is 3.52. The van der Waals surface area contributed by atoms with Crippen molar-refractivity contribution in [2.24, 2.45) is 0 Å². The molecule has 2 aromatic carbocycles. The largest absolute Gasteiger partial charge is 0.493 e. The molecule has 9 heteroatoms. The molecular weight excluding hydrogens is 376 g/mol. The summed E-state index contributed by atoms with van der Waals surface area (Å²) in [5.41, 5.74) is 7.81. The summed E-state index contributed by atoms with van der Waals surface area (Å²) in [5.74, 6) is 1.92. The van der Waals surface area contributed by atoms with Crippen LogP contribution in [0.15, 0.2) is 42.5 Å². The lowest BCUT2D eigenvalue weighted by molar-refractivity contribution is 0.356. The molecule has 0 aliphatic heterocycles. The second kappa shape index (κ2) is 7.65. The summed E-state index contributed by atoms with van der Waals surface area (Å²) in [6, 6.07) is 13.5. The number of anilines is 2. The molecule has 0 unspecified atom stereocenters. The zero-order valence-electron chi connectivity index (χ0n) is 15.3. The van der Waals surface area contributed by atoms with Gasteiger partial charge in [-0.1, -0.05) is 41.7 Å². The van der Waals surface area contributed by atoms with Gasteiger partial charge < -0.3 is 20.5 Å². The highest BCUT2D eigenvalue weighted by atomic mass is 32.1. The monoisotopic (exact) mass is 394 g/mol. The Bertz CT molecular complexity index is 1120. The van der Waals surface area contributed by atoms with Gasteiger partial charge in [0.05, 0.1) is 26.3 Å². The summed E-state index contributed by atoms with van der Waals surface area (Å²) < 4.78 is 10.6. The van der Waals surface area contributed by atoms with Gasteiger partial charge in [-0.25, -0.2) is 4.98 Å². The van der Waals surface area contributed by atoms with Crippen LogP contribution in [0.1, 0.15) is 5.01 Å². The standard InChI is InChI=1S/C19H18N6O2S/c1-26-14-8-12-13(9-15(14)27-2)22-19(23-17(12)20)21-10-16-24-25-18(28-16)11-6-4-3-5-7-11/h3-9H,10H2,1-2H3,(H3,20,21,22,23). The van der Waals surface area contributed by atoms with E-state index < -0.39 is 0 Å². The van der Waals surface area contributed by atoms with Crippen LogP contribution in [-0.2, 0) is 6.54 Å². The molecule has 28 heavy (non-hydrogen) atoms. The number of nitrogens with one attached hydrogen (secondary N) is 1. The Morgan fingerprint density at radius 3 is 2.50 bits per heavy atom. The topological polar surface area (TPSA) is 108 Å². The molecular formula is C19H18N6O2S. The molecule has 4 aromatic rings. The number of fused-ring (bicyclic) bond motifs is 1. The summed E-state index contributed by atoms with van der Waals surface area (Å²) in [6.07, 6.45) is 0. The van der Waals surface area contributed by atoms with E-state index in [0.717, 1.165) is 15.6 Å². The van der Waals surface area contributed by atoms with E-state index in [2.05, 4.69) is 25.5 Å². The van der Waals surface area contributed by atoms with Gasteiger partial charge in [0.25, 0.3) is 0 Å². The third-order valence-corrected chi connectivity index (χ3v) is 5.09. The molecule has 0 saturated carbocycles. The third-order valence-electron chi connectivity index (χ3n) is 4.12. The maximum atomic E-state index is 6.11. The average Bonchev–Trinajstić information content (AvgIpc) is 3.21. The Labute approximate surface area is 165 Å². The van der Waals surface area contributed by atoms with Crippen LogP contribution in [0.3, 0.4) is 0 Å². The second-order valence-electron chi connectivity index (χ2n) is 5.88. The molecule has 2 aromatic heterocycles. The molecule has 0 radical (unpaired) electrons. The van der Waals surface area contributed by atoms with Crippen molar-refractivity contribution in [1.82, 2.24) is 20.2 Å². The summed E-state index contributed by atoms with van der Waals surface area (Å²) in [7, 11) is 3.15. The van der Waals surface area contributed by atoms with Gasteiger partial charge in [-0.15, -0.1) is 10.2 Å². The zero-order chi connectivity index (χ0) is 19.5. The van der Waals surface area contributed by atoms with Crippen molar-refractivity contribution >= 4 is 34.0 Å². The number of hydrogen-bond acceptors (Lipinski definition) is 9. The van der Waals surface area contributed by atoms with Gasteiger partial charge in [0.1, 0.15) is 15.8 Å². The van der Waals surface area contributed by atoms with E-state index >= 15 is 0 Å². The number of rotatable bonds is 6. The number of aromatic nitrogens is 4. The Hall–Kier alpha value is -3.46. The van der Waals surface area contributed by atoms with Crippen LogP contribution in [0.5, 0.6) is 11.5 Å². The Kier molecular flexibility index (Phi) is 4.90. The van der Waals surface area contributed by atoms with Crippen molar-refractivity contribution < 1.29 is 9.47 Å². The maximum Gasteiger partial charge on any atom is 0.225 e. The number of nitrogens with zero attached hydrogens (tertiary/aromatic N) is 4. The summed E-state index contributed by atoms with van der Waals surface area (Å²) in [4.78, 5) is 8.85. The minimum Gasteiger partial charge on any atom is -0.493 e. The summed E-state index contributed by atoms with van der Waals surface area (Å²) in [6.45, 7) is 0.447. The molecule has 0 atom stereocenters. The van der Waals surface area contributed by atoms with Crippen LogP contribution in [0, 0.1) is 0 Å². The van der Waals surface area contributed by atoms with Gasteiger partial charge >= 0.3 is 0 Å². The molecule has 0 aliphatic carbocycles. The normalized spacial score (nSPS) is 10.8. The fraction of sp³-hybridized carbons (Fsp3) is 0.158. The van der Waals surface area contributed by atoms with E-state index in [1.165, 1.54) is 11.3 Å². The molecule has 0 amide bonds. The van der Waals surface area contributed by atoms with Crippen molar-refractivity contribution in [1.29, 1.82) is 0 Å². The highest BCUT2D eigenvalue weighted by Crippen LogP contribution is 2.33. The van der Waals surface area contributed by atoms with Crippen LogP contribution in [0.25, 0.3) is 21.5 Å². The van der Waals surface area contributed by atoms with E-state index in [-0.39, 0.29) is 0 Å². The van der Waals surface area contributed by atoms with Gasteiger partial charge in [-0.3, -0.25) is 0 Å². The molecule has 0 fully saturated rings. The first kappa shape index (κ1) is 17.9. The highest BCUT2D eigenvalue weighted by Gasteiger charge is 2.12. The first-order chi connectivity index (χ1) is 13.7. The van der Waals surface area contributed by atoms with E-state index in [9.17, 15) is 0 Å². The summed E-state index contributed by atoms with van der Waals surface area (Å²) in [5, 5.41) is 14.0. The number of benzene rings is 2. The quantitative estimate of drug-likeness (QED) is 0.512. The molecule has 8 nitrogen and oxygen atoms in total. The van der Waals surface area contributed by atoms with Gasteiger partial charge in [0.2, 0.25) is 5.95 Å². The van der Waals surface area contributed by atoms with Crippen LogP contribution in [-0.4, -0.2) is 34.4 Å². The van der Waals surface area contributed by atoms with Crippen LogP contribution in [0.4, 0.5) is 11.8 Å². The van der Waals surface area contributed by atoms with Crippen molar-refractivity contribution in [3.05, 3.63) is 47.5 Å². The number of hydrogen-bond donors (Lipinski definition) is 2. The Morgan fingerprint density at radius 2 is 1.75 bits per heavy atom. The lowest BCUT2D eigenvalue weighted by Gasteiger charge is -2.11. The van der Waals surface area contributed by atoms with E-state index in [1.807, 2.05) is 30.3 Å². The minimum absolute atomic E-state index is 0.357. The van der Waals surface area contributed by atoms with Gasteiger partial charge in [0, 0.05) is 17.0 Å². The number of nitrogen functional groups attached to an aromatic ring is 1. The molecule has 142 valence electrons. The smallest absolute Gasteiger partial charge is 0.225 e. The van der Waals surface area contributed by atoms with Crippen molar-refractivity contribution in [3.8, 4) is 22.1 Å². The lowest BCUT2D eigenvalue weighted by atomic mass is 10.2. The van der Waals surface area contributed by atoms with Gasteiger partial charge in [-0.2, -0.15) is 4.98 Å². The molecule has 0 bridgehead atoms. The first-order valence-electron chi connectivity index (χ1n) is 8.49. The van der Waals surface area contributed by atoms with Crippen molar-refractivity contribution in [2.75, 3.05) is 25.3 Å². The average molecular weight is 394 g/mol. The molecule has 3 N–H and O–H groups in total. The molecule has 0 aliphatic rings. The van der Waals surface area contributed by atoms with E-state index in [1.54, 1.807) is 26.4 Å². The number of methoxy groups -OCH3 is 2. The zero-order valence-corrected chi connectivity index (χ0v) is 16.2. The highest BCUT2D eigenvalue weighted by molar-refractivity contribution is 7.14. The fourth-order valence-electron chi connectivity index (χ4n) is 2.74. The number of ether oxygens (including phenoxy) is 2. The first-order valence-corrected chi connectivity index (χ1v) is 9.30. The molecule has 4 rings (SSSR count). The molecule has 0 saturated heterocycles. The van der Waals surface area contributed by atoms with Crippen LogP contribution in [0.2, 0.25) is 0 Å². The predicted molar refractivity (Wildman–Crippen MR) is 110 cm³/mol. The van der Waals surface area contributed by atoms with Crippen molar-refractivity contribution in [2.45, 2.75) is 6.54 Å². The van der Waals surface area contributed by atoms with Crippen LogP contribution >= 0.6 is 11.3 Å². The van der Waals surface area contributed by atoms with Gasteiger partial charge in [0.15, 0.2) is 11.5 Å². The van der Waals surface area contributed by atoms with E-state index in [4.69, 9.17) is 15.2 Å². The maximum absolute atomic E-state index is 6.11. The molecule has 2 heterocycles. The predicted octanol–water partition coefficient (Wildman–Crippen LogP) is 3.36. The van der Waals surface area contributed by atoms with E-state index in [0.29, 0.717) is 40.7 Å². The Morgan fingerprint density at radius 1 is 1.00 bits per heavy atom. The summed E-state index contributed by atoms with van der Waals surface area (Å²) >= 11 is 1.52. The minimum atomic E-state index is 0.357. The molecule has 0 spiro atoms. The third kappa shape index (κ3) is 3.52. The SMILES string of the molecule is COc1cc2nc(NCc3nnc(-c4ccccc4)s3)nc(N)c2cc1OC. The van der Waals surface area contributed by atoms with Gasteiger partial charge in [-0.05, 0) is 6.07 Å².